The van der Waals surface area contributed by atoms with Gasteiger partial charge in [0.1, 0.15) is 0 Å². The third-order valence-corrected chi connectivity index (χ3v) is 3.19. The van der Waals surface area contributed by atoms with Gasteiger partial charge in [-0.05, 0) is 18.4 Å². The summed E-state index contributed by atoms with van der Waals surface area (Å²) >= 11 is 0. The number of hydrogen-bond donors (Lipinski definition) is 2. The fourth-order valence-corrected chi connectivity index (χ4v) is 1.98. The summed E-state index contributed by atoms with van der Waals surface area (Å²) in [6, 6.07) is 8.09. The lowest BCUT2D eigenvalue weighted by molar-refractivity contribution is 0.379. The fraction of sp³-hybridized carbons (Fsp3) is 0.333. The van der Waals surface area contributed by atoms with Crippen LogP contribution in [0.2, 0.25) is 0 Å². The Hall–Kier alpha value is -1.28. The number of benzene rings is 1. The van der Waals surface area contributed by atoms with Gasteiger partial charge in [0.25, 0.3) is 0 Å². The molecule has 2 atom stereocenters. The summed E-state index contributed by atoms with van der Waals surface area (Å²) in [7, 11) is 0. The molecule has 0 spiro atoms. The van der Waals surface area contributed by atoms with Gasteiger partial charge in [-0.3, -0.25) is 0 Å². The highest BCUT2D eigenvalue weighted by atomic mass is 14.8. The lowest BCUT2D eigenvalue weighted by atomic mass is 9.74. The number of nitrogens with two attached hydrogens (primary N) is 2. The van der Waals surface area contributed by atoms with Gasteiger partial charge in [-0.2, -0.15) is 0 Å². The lowest BCUT2D eigenvalue weighted by Crippen LogP contribution is -2.42. The molecule has 1 aromatic rings. The van der Waals surface area contributed by atoms with Crippen molar-refractivity contribution in [2.75, 3.05) is 0 Å². The van der Waals surface area contributed by atoms with Crippen molar-refractivity contribution < 1.29 is 0 Å². The van der Waals surface area contributed by atoms with Crippen molar-refractivity contribution in [3.63, 3.8) is 0 Å². The van der Waals surface area contributed by atoms with E-state index in [4.69, 9.17) is 11.5 Å². The third-order valence-electron chi connectivity index (χ3n) is 3.19. The molecular formula is C12H16N2. The molecule has 1 aliphatic carbocycles. The first-order chi connectivity index (χ1) is 6.53. The van der Waals surface area contributed by atoms with E-state index in [-0.39, 0.29) is 11.5 Å². The minimum atomic E-state index is -0.306. The second-order valence-corrected chi connectivity index (χ2v) is 4.24. The molecule has 74 valence electrons. The lowest BCUT2D eigenvalue weighted by Gasteiger charge is -2.36. The second-order valence-electron chi connectivity index (χ2n) is 4.24. The molecule has 0 saturated heterocycles. The molecule has 2 nitrogen and oxygen atoms in total. The molecule has 0 fully saturated rings. The largest absolute Gasteiger partial charge is 0.398 e. The first-order valence-electron chi connectivity index (χ1n) is 4.89. The maximum atomic E-state index is 6.30. The monoisotopic (exact) mass is 188 g/mol. The highest BCUT2D eigenvalue weighted by Crippen LogP contribution is 2.36. The van der Waals surface area contributed by atoms with Crippen LogP contribution >= 0.6 is 0 Å². The van der Waals surface area contributed by atoms with Gasteiger partial charge in [0.2, 0.25) is 0 Å². The van der Waals surface area contributed by atoms with Crippen LogP contribution < -0.4 is 11.5 Å². The van der Waals surface area contributed by atoms with Crippen LogP contribution in [-0.4, -0.2) is 0 Å². The Morgan fingerprint density at radius 1 is 1.29 bits per heavy atom. The van der Waals surface area contributed by atoms with Crippen LogP contribution in [0.15, 0.2) is 30.3 Å². The van der Waals surface area contributed by atoms with Crippen LogP contribution in [0.4, 0.5) is 0 Å². The van der Waals surface area contributed by atoms with E-state index in [0.29, 0.717) is 0 Å². The molecule has 14 heavy (non-hydrogen) atoms. The van der Waals surface area contributed by atoms with Crippen LogP contribution in [0.3, 0.4) is 0 Å². The highest BCUT2D eigenvalue weighted by Gasteiger charge is 2.33. The van der Waals surface area contributed by atoms with Gasteiger partial charge in [-0.15, -0.1) is 0 Å². The van der Waals surface area contributed by atoms with E-state index < -0.39 is 0 Å². The molecule has 0 bridgehead atoms. The van der Waals surface area contributed by atoms with Crippen molar-refractivity contribution in [3.8, 4) is 0 Å². The Labute approximate surface area is 84.6 Å². The quantitative estimate of drug-likeness (QED) is 0.652. The zero-order valence-electron chi connectivity index (χ0n) is 8.62. The molecule has 1 aliphatic rings. The van der Waals surface area contributed by atoms with E-state index in [1.807, 2.05) is 24.3 Å². The summed E-state index contributed by atoms with van der Waals surface area (Å²) in [5.41, 5.74) is 15.0. The van der Waals surface area contributed by atoms with Gasteiger partial charge in [-0.1, -0.05) is 37.3 Å². The summed E-state index contributed by atoms with van der Waals surface area (Å²) in [6.45, 7) is 4.16. The van der Waals surface area contributed by atoms with Crippen molar-refractivity contribution in [1.82, 2.24) is 0 Å². The molecule has 0 saturated carbocycles. The van der Waals surface area contributed by atoms with E-state index in [0.717, 1.165) is 16.8 Å². The molecule has 1 aromatic carbocycles. The minimum absolute atomic E-state index is 0.275. The molecule has 0 aromatic heterocycles. The van der Waals surface area contributed by atoms with Gasteiger partial charge in [0.05, 0.1) is 0 Å². The SMILES string of the molecule is CC1C=C(N)c2ccccc2C1(C)N. The van der Waals surface area contributed by atoms with Crippen LogP contribution in [0.25, 0.3) is 5.70 Å². The smallest absolute Gasteiger partial charge is 0.0449 e. The van der Waals surface area contributed by atoms with Gasteiger partial charge in [-0.25, -0.2) is 0 Å². The van der Waals surface area contributed by atoms with Crippen molar-refractivity contribution in [1.29, 1.82) is 0 Å². The number of hydrogen-bond acceptors (Lipinski definition) is 2. The predicted molar refractivity (Wildman–Crippen MR) is 59.3 cm³/mol. The zero-order chi connectivity index (χ0) is 10.3. The maximum Gasteiger partial charge on any atom is 0.0449 e. The average molecular weight is 188 g/mol. The van der Waals surface area contributed by atoms with Crippen molar-refractivity contribution in [2.45, 2.75) is 19.4 Å². The summed E-state index contributed by atoms with van der Waals surface area (Å²) < 4.78 is 0. The first kappa shape index (κ1) is 9.28. The minimum Gasteiger partial charge on any atom is -0.398 e. The molecule has 2 rings (SSSR count). The van der Waals surface area contributed by atoms with E-state index in [1.54, 1.807) is 0 Å². The van der Waals surface area contributed by atoms with Gasteiger partial charge >= 0.3 is 0 Å². The molecule has 0 radical (unpaired) electrons. The summed E-state index contributed by atoms with van der Waals surface area (Å²) in [6.07, 6.45) is 2.04. The summed E-state index contributed by atoms with van der Waals surface area (Å²) in [5.74, 6) is 0.275. The molecule has 2 unspecified atom stereocenters. The van der Waals surface area contributed by atoms with Gasteiger partial charge in [0.15, 0.2) is 0 Å². The number of rotatable bonds is 0. The van der Waals surface area contributed by atoms with Gasteiger partial charge < -0.3 is 11.5 Å². The van der Waals surface area contributed by atoms with Crippen LogP contribution in [0.5, 0.6) is 0 Å². The Bertz CT molecular complexity index is 391. The Kier molecular flexibility index (Phi) is 1.89. The Morgan fingerprint density at radius 3 is 2.64 bits per heavy atom. The Morgan fingerprint density at radius 2 is 1.93 bits per heavy atom. The van der Waals surface area contributed by atoms with Crippen molar-refractivity contribution in [3.05, 3.63) is 41.5 Å². The predicted octanol–water partition coefficient (Wildman–Crippen LogP) is 1.81. The third kappa shape index (κ3) is 1.15. The Balaban J connectivity index is 2.67. The molecule has 2 heteroatoms. The van der Waals surface area contributed by atoms with Gasteiger partial charge in [0, 0.05) is 16.8 Å². The van der Waals surface area contributed by atoms with Crippen LogP contribution in [0, 0.1) is 5.92 Å². The first-order valence-corrected chi connectivity index (χ1v) is 4.89. The topological polar surface area (TPSA) is 52.0 Å². The summed E-state index contributed by atoms with van der Waals surface area (Å²) in [5, 5.41) is 0. The molecular weight excluding hydrogens is 172 g/mol. The van der Waals surface area contributed by atoms with Crippen LogP contribution in [-0.2, 0) is 5.54 Å². The fourth-order valence-electron chi connectivity index (χ4n) is 1.98. The van der Waals surface area contributed by atoms with E-state index >= 15 is 0 Å². The molecule has 4 N–H and O–H groups in total. The highest BCUT2D eigenvalue weighted by molar-refractivity contribution is 5.69. The molecule has 0 amide bonds. The summed E-state index contributed by atoms with van der Waals surface area (Å²) in [4.78, 5) is 0. The molecule has 0 aliphatic heterocycles. The maximum absolute atomic E-state index is 6.30. The molecule has 0 heterocycles. The normalized spacial score (nSPS) is 30.8. The standard InChI is InChI=1S/C12H16N2/c1-8-7-11(13)9-5-3-4-6-10(9)12(8,2)14/h3-8H,13-14H2,1-2H3. The van der Waals surface area contributed by atoms with E-state index in [9.17, 15) is 0 Å². The van der Waals surface area contributed by atoms with Crippen molar-refractivity contribution in [2.24, 2.45) is 17.4 Å². The van der Waals surface area contributed by atoms with E-state index in [1.165, 1.54) is 0 Å². The average Bonchev–Trinajstić information content (AvgIpc) is 2.16. The second kappa shape index (κ2) is 2.85. The van der Waals surface area contributed by atoms with Crippen LogP contribution in [0.1, 0.15) is 25.0 Å². The number of fused-ring (bicyclic) bond motifs is 1. The van der Waals surface area contributed by atoms with E-state index in [2.05, 4.69) is 19.9 Å². The van der Waals surface area contributed by atoms with Crippen molar-refractivity contribution >= 4 is 5.70 Å². The zero-order valence-corrected chi connectivity index (χ0v) is 8.62.